The molecule has 0 bridgehead atoms. The van der Waals surface area contributed by atoms with Gasteiger partial charge in [-0.1, -0.05) is 29.3 Å². The number of thioether (sulfide) groups is 1. The molecule has 0 radical (unpaired) electrons. The molecular formula is C12H13Cl2NO3S. The molecule has 0 aliphatic carbocycles. The van der Waals surface area contributed by atoms with E-state index in [0.717, 1.165) is 5.56 Å². The number of hydrogen-bond donors (Lipinski definition) is 2. The molecule has 0 aromatic heterocycles. The molecule has 1 amide bonds. The van der Waals surface area contributed by atoms with Crippen LogP contribution in [-0.2, 0) is 15.3 Å². The lowest BCUT2D eigenvalue weighted by Gasteiger charge is -2.12. The van der Waals surface area contributed by atoms with Crippen LogP contribution in [0.3, 0.4) is 0 Å². The van der Waals surface area contributed by atoms with Gasteiger partial charge in [0.15, 0.2) is 0 Å². The van der Waals surface area contributed by atoms with Crippen molar-refractivity contribution in [3.63, 3.8) is 0 Å². The highest BCUT2D eigenvalue weighted by molar-refractivity contribution is 7.98. The van der Waals surface area contributed by atoms with Gasteiger partial charge in [0.2, 0.25) is 5.91 Å². The van der Waals surface area contributed by atoms with Crippen molar-refractivity contribution in [3.8, 4) is 0 Å². The zero-order valence-corrected chi connectivity index (χ0v) is 12.5. The minimum Gasteiger partial charge on any atom is -0.480 e. The maximum Gasteiger partial charge on any atom is 0.327 e. The molecule has 19 heavy (non-hydrogen) atoms. The maximum atomic E-state index is 10.9. The quantitative estimate of drug-likeness (QED) is 0.845. The monoisotopic (exact) mass is 321 g/mol. The van der Waals surface area contributed by atoms with Crippen LogP contribution in [0, 0.1) is 0 Å². The van der Waals surface area contributed by atoms with Crippen LogP contribution in [0.2, 0.25) is 10.0 Å². The number of rotatable bonds is 6. The van der Waals surface area contributed by atoms with Crippen molar-refractivity contribution >= 4 is 46.8 Å². The van der Waals surface area contributed by atoms with Crippen LogP contribution in [0.25, 0.3) is 0 Å². The van der Waals surface area contributed by atoms with E-state index in [9.17, 15) is 9.59 Å². The van der Waals surface area contributed by atoms with E-state index in [0.29, 0.717) is 15.8 Å². The van der Waals surface area contributed by atoms with Crippen LogP contribution < -0.4 is 5.32 Å². The fourth-order valence-electron chi connectivity index (χ4n) is 1.34. The summed E-state index contributed by atoms with van der Waals surface area (Å²) in [6, 6.07) is 4.38. The van der Waals surface area contributed by atoms with Crippen LogP contribution in [-0.4, -0.2) is 28.8 Å². The minimum atomic E-state index is -1.04. The van der Waals surface area contributed by atoms with Crippen molar-refractivity contribution in [2.24, 2.45) is 0 Å². The van der Waals surface area contributed by atoms with E-state index in [1.807, 2.05) is 6.07 Å². The fourth-order valence-corrected chi connectivity index (χ4v) is 2.66. The van der Waals surface area contributed by atoms with Gasteiger partial charge in [-0.2, -0.15) is 11.8 Å². The van der Waals surface area contributed by atoms with Crippen LogP contribution in [0.4, 0.5) is 0 Å². The van der Waals surface area contributed by atoms with Crippen LogP contribution in [0.5, 0.6) is 0 Å². The zero-order valence-electron chi connectivity index (χ0n) is 10.2. The third kappa shape index (κ3) is 5.72. The summed E-state index contributed by atoms with van der Waals surface area (Å²) < 4.78 is 0. The molecule has 0 spiro atoms. The Morgan fingerprint density at radius 1 is 1.37 bits per heavy atom. The smallest absolute Gasteiger partial charge is 0.327 e. The highest BCUT2D eigenvalue weighted by Crippen LogP contribution is 2.24. The van der Waals surface area contributed by atoms with E-state index in [1.165, 1.54) is 18.7 Å². The number of hydrogen-bond acceptors (Lipinski definition) is 3. The van der Waals surface area contributed by atoms with Crippen LogP contribution in [0.15, 0.2) is 18.2 Å². The fraction of sp³-hybridized carbons (Fsp3) is 0.333. The van der Waals surface area contributed by atoms with Crippen molar-refractivity contribution in [2.75, 3.05) is 5.75 Å². The predicted molar refractivity (Wildman–Crippen MR) is 77.9 cm³/mol. The first-order chi connectivity index (χ1) is 8.90. The summed E-state index contributed by atoms with van der Waals surface area (Å²) in [5, 5.41) is 12.3. The Hall–Kier alpha value is -0.910. The molecule has 1 aromatic rings. The third-order valence-corrected chi connectivity index (χ3v) is 4.06. The number of carboxylic acid groups (broad SMARTS) is 1. The van der Waals surface area contributed by atoms with Gasteiger partial charge in [0.1, 0.15) is 6.04 Å². The summed E-state index contributed by atoms with van der Waals surface area (Å²) in [6.07, 6.45) is 0. The number of halogens is 2. The lowest BCUT2D eigenvalue weighted by atomic mass is 10.2. The largest absolute Gasteiger partial charge is 0.480 e. The van der Waals surface area contributed by atoms with Gasteiger partial charge in [-0.15, -0.1) is 0 Å². The maximum absolute atomic E-state index is 10.9. The molecule has 4 nitrogen and oxygen atoms in total. The molecule has 0 unspecified atom stereocenters. The molecule has 0 heterocycles. The van der Waals surface area contributed by atoms with Crippen molar-refractivity contribution < 1.29 is 14.7 Å². The molecule has 2 N–H and O–H groups in total. The first-order valence-electron chi connectivity index (χ1n) is 5.41. The average Bonchev–Trinajstić information content (AvgIpc) is 2.31. The van der Waals surface area contributed by atoms with Gasteiger partial charge in [-0.05, 0) is 17.7 Å². The van der Waals surface area contributed by atoms with E-state index in [-0.39, 0.29) is 11.7 Å². The zero-order chi connectivity index (χ0) is 14.4. The Labute approximate surface area is 125 Å². The highest BCUT2D eigenvalue weighted by Gasteiger charge is 2.17. The van der Waals surface area contributed by atoms with Crippen molar-refractivity contribution in [2.45, 2.75) is 18.7 Å². The van der Waals surface area contributed by atoms with Crippen molar-refractivity contribution in [1.82, 2.24) is 5.32 Å². The van der Waals surface area contributed by atoms with E-state index >= 15 is 0 Å². The summed E-state index contributed by atoms with van der Waals surface area (Å²) in [7, 11) is 0. The number of amides is 1. The lowest BCUT2D eigenvalue weighted by molar-refractivity contribution is -0.140. The van der Waals surface area contributed by atoms with E-state index < -0.39 is 12.0 Å². The van der Waals surface area contributed by atoms with Crippen molar-refractivity contribution in [3.05, 3.63) is 33.8 Å². The molecule has 1 aromatic carbocycles. The second-order valence-corrected chi connectivity index (χ2v) is 5.70. The minimum absolute atomic E-state index is 0.287. The number of carboxylic acids is 1. The lowest BCUT2D eigenvalue weighted by Crippen LogP contribution is -2.41. The van der Waals surface area contributed by atoms with Gasteiger partial charge in [-0.25, -0.2) is 4.79 Å². The molecule has 0 aliphatic heterocycles. The second-order valence-electron chi connectivity index (χ2n) is 3.85. The molecule has 0 saturated carbocycles. The third-order valence-electron chi connectivity index (χ3n) is 2.21. The summed E-state index contributed by atoms with van der Waals surface area (Å²) in [5.41, 5.74) is 0.950. The van der Waals surface area contributed by atoms with Gasteiger partial charge < -0.3 is 10.4 Å². The van der Waals surface area contributed by atoms with E-state index in [2.05, 4.69) is 5.32 Å². The summed E-state index contributed by atoms with van der Waals surface area (Å²) >= 11 is 13.1. The first kappa shape index (κ1) is 16.1. The predicted octanol–water partition coefficient (Wildman–Crippen LogP) is 2.82. The molecule has 0 aliphatic rings. The normalized spacial score (nSPS) is 11.9. The van der Waals surface area contributed by atoms with Gasteiger partial charge in [0, 0.05) is 18.4 Å². The number of nitrogens with one attached hydrogen (secondary N) is 1. The number of benzene rings is 1. The Bertz CT molecular complexity index is 482. The Morgan fingerprint density at radius 3 is 2.58 bits per heavy atom. The molecule has 0 fully saturated rings. The highest BCUT2D eigenvalue weighted by atomic mass is 35.5. The Morgan fingerprint density at radius 2 is 2.05 bits per heavy atom. The van der Waals surface area contributed by atoms with Crippen molar-refractivity contribution in [1.29, 1.82) is 0 Å². The summed E-state index contributed by atoms with van der Waals surface area (Å²) in [6.45, 7) is 1.29. The van der Waals surface area contributed by atoms with E-state index in [4.69, 9.17) is 28.3 Å². The Kier molecular flexibility index (Phi) is 6.48. The van der Waals surface area contributed by atoms with Gasteiger partial charge in [-0.3, -0.25) is 4.79 Å². The first-order valence-corrected chi connectivity index (χ1v) is 7.32. The molecule has 1 rings (SSSR count). The topological polar surface area (TPSA) is 66.4 Å². The van der Waals surface area contributed by atoms with Gasteiger partial charge >= 0.3 is 5.97 Å². The molecule has 7 heteroatoms. The molecule has 104 valence electrons. The molecule has 0 saturated heterocycles. The average molecular weight is 322 g/mol. The SMILES string of the molecule is CC(=O)N[C@@H](CSCc1ccc(Cl)c(Cl)c1)C(=O)O. The molecular weight excluding hydrogens is 309 g/mol. The van der Waals surface area contributed by atoms with Gasteiger partial charge in [0.25, 0.3) is 0 Å². The Balaban J connectivity index is 2.49. The summed E-state index contributed by atoms with van der Waals surface area (Å²) in [4.78, 5) is 21.8. The number of aliphatic carboxylic acids is 1. The van der Waals surface area contributed by atoms with Crippen LogP contribution in [0.1, 0.15) is 12.5 Å². The van der Waals surface area contributed by atoms with Crippen LogP contribution >= 0.6 is 35.0 Å². The standard InChI is InChI=1S/C12H13Cl2NO3S/c1-7(16)15-11(12(17)18)6-19-5-8-2-3-9(13)10(14)4-8/h2-4,11H,5-6H2,1H3,(H,15,16)(H,17,18)/t11-/m0/s1. The molecule has 1 atom stereocenters. The summed E-state index contributed by atoms with van der Waals surface area (Å²) in [5.74, 6) is -0.519. The number of carbonyl (C=O) groups excluding carboxylic acids is 1. The van der Waals surface area contributed by atoms with E-state index in [1.54, 1.807) is 12.1 Å². The van der Waals surface area contributed by atoms with Gasteiger partial charge in [0.05, 0.1) is 10.0 Å². The number of carbonyl (C=O) groups is 2. The second kappa shape index (κ2) is 7.62.